The van der Waals surface area contributed by atoms with Crippen LogP contribution in [0.2, 0.25) is 0 Å². The Hall–Kier alpha value is -2.37. The number of ether oxygens (including phenoxy) is 1. The summed E-state index contributed by atoms with van der Waals surface area (Å²) in [6.45, 7) is 16.6. The number of nitrogens with one attached hydrogen (secondary N) is 1. The highest BCUT2D eigenvalue weighted by Gasteiger charge is 2.60. The van der Waals surface area contributed by atoms with Gasteiger partial charge in [-0.2, -0.15) is 0 Å². The molecule has 2 aromatic rings. The van der Waals surface area contributed by atoms with E-state index in [0.29, 0.717) is 23.3 Å². The third-order valence-electron chi connectivity index (χ3n) is 9.64. The summed E-state index contributed by atoms with van der Waals surface area (Å²) in [5.74, 6) is 2.00. The van der Waals surface area contributed by atoms with Gasteiger partial charge in [-0.3, -0.25) is 9.69 Å². The van der Waals surface area contributed by atoms with Crippen LogP contribution in [0, 0.1) is 16.7 Å². The van der Waals surface area contributed by atoms with Crippen LogP contribution in [-0.4, -0.2) is 61.6 Å². The van der Waals surface area contributed by atoms with Gasteiger partial charge in [-0.25, -0.2) is 0 Å². The first-order chi connectivity index (χ1) is 18.1. The van der Waals surface area contributed by atoms with Gasteiger partial charge in [0, 0.05) is 31.2 Å². The lowest BCUT2D eigenvalue weighted by molar-refractivity contribution is -0.160. The maximum atomic E-state index is 13.7. The molecule has 2 saturated heterocycles. The molecule has 1 N–H and O–H groups in total. The summed E-state index contributed by atoms with van der Waals surface area (Å²) in [5.41, 5.74) is 4.24. The summed E-state index contributed by atoms with van der Waals surface area (Å²) in [5, 5.41) is 3.60. The van der Waals surface area contributed by atoms with Crippen molar-refractivity contribution in [3.05, 3.63) is 65.2 Å². The Morgan fingerprint density at radius 1 is 1.03 bits per heavy atom. The van der Waals surface area contributed by atoms with Crippen molar-refractivity contribution >= 4 is 5.91 Å². The van der Waals surface area contributed by atoms with E-state index < -0.39 is 0 Å². The normalized spacial score (nSPS) is 25.9. The van der Waals surface area contributed by atoms with Gasteiger partial charge in [0.2, 0.25) is 0 Å². The second kappa shape index (κ2) is 10.7. The van der Waals surface area contributed by atoms with Crippen LogP contribution in [0.4, 0.5) is 0 Å². The van der Waals surface area contributed by atoms with Crippen LogP contribution in [0.15, 0.2) is 48.5 Å². The molecule has 2 aromatic carbocycles. The molecule has 1 spiro atoms. The zero-order chi connectivity index (χ0) is 27.1. The van der Waals surface area contributed by atoms with Gasteiger partial charge in [-0.1, -0.05) is 58.9 Å². The van der Waals surface area contributed by atoms with Crippen LogP contribution in [0.5, 0.6) is 5.75 Å². The highest BCUT2D eigenvalue weighted by molar-refractivity contribution is 5.94. The zero-order valence-electron chi connectivity index (χ0n) is 24.3. The number of amides is 1. The molecule has 38 heavy (non-hydrogen) atoms. The van der Waals surface area contributed by atoms with E-state index in [2.05, 4.69) is 74.0 Å². The number of rotatable bonds is 5. The van der Waals surface area contributed by atoms with Crippen LogP contribution in [0.3, 0.4) is 0 Å². The first kappa shape index (κ1) is 27.2. The van der Waals surface area contributed by atoms with Crippen LogP contribution < -0.4 is 10.1 Å². The van der Waals surface area contributed by atoms with E-state index in [0.717, 1.165) is 44.0 Å². The van der Waals surface area contributed by atoms with E-state index in [1.165, 1.54) is 30.4 Å². The van der Waals surface area contributed by atoms with Crippen molar-refractivity contribution in [2.24, 2.45) is 16.7 Å². The van der Waals surface area contributed by atoms with Crippen LogP contribution >= 0.6 is 0 Å². The summed E-state index contributed by atoms with van der Waals surface area (Å²) < 4.78 is 5.31. The second-order valence-corrected chi connectivity index (χ2v) is 13.2. The first-order valence-electron chi connectivity index (χ1n) is 14.6. The molecule has 5 rings (SSSR count). The fraction of sp³-hybridized carbons (Fsp3) is 0.606. The molecule has 3 aliphatic rings. The van der Waals surface area contributed by atoms with Crippen molar-refractivity contribution < 1.29 is 9.53 Å². The number of nitrogens with zero attached hydrogens (tertiary/aromatic N) is 2. The van der Waals surface area contributed by atoms with Crippen molar-refractivity contribution in [3.8, 4) is 5.75 Å². The van der Waals surface area contributed by atoms with Gasteiger partial charge in [0.1, 0.15) is 5.75 Å². The lowest BCUT2D eigenvalue weighted by Crippen LogP contribution is -2.68. The summed E-state index contributed by atoms with van der Waals surface area (Å²) in [6.07, 6.45) is 3.85. The molecule has 2 aliphatic heterocycles. The number of hydrogen-bond donors (Lipinski definition) is 1. The Balaban J connectivity index is 1.47. The molecule has 1 aliphatic carbocycles. The molecule has 3 atom stereocenters. The fourth-order valence-corrected chi connectivity index (χ4v) is 8.06. The van der Waals surface area contributed by atoms with Gasteiger partial charge in [0.25, 0.3) is 5.91 Å². The van der Waals surface area contributed by atoms with E-state index in [9.17, 15) is 4.79 Å². The predicted molar refractivity (Wildman–Crippen MR) is 155 cm³/mol. The second-order valence-electron chi connectivity index (χ2n) is 13.2. The quantitative estimate of drug-likeness (QED) is 0.519. The number of benzene rings is 2. The highest BCUT2D eigenvalue weighted by Crippen LogP contribution is 2.62. The van der Waals surface area contributed by atoms with E-state index in [1.807, 2.05) is 24.3 Å². The summed E-state index contributed by atoms with van der Waals surface area (Å²) in [4.78, 5) is 18.6. The largest absolute Gasteiger partial charge is 0.497 e. The molecular formula is C33H47N3O2. The minimum absolute atomic E-state index is 0.120. The Bertz CT molecular complexity index is 1110. The minimum Gasteiger partial charge on any atom is -0.497 e. The van der Waals surface area contributed by atoms with E-state index in [4.69, 9.17) is 4.74 Å². The standard InChI is InChI=1S/C33H47N3O2/c1-23(2)26-9-7-8-10-27(26)29-22-35(31(37)24-11-13-25(38-6)14-12-24)19-20-36(29)28-21-33(15-17-34-18-16-33)30(28)32(3,4)5/h7-14,23,28-30,34H,15-22H2,1-6H3. The van der Waals surface area contributed by atoms with E-state index >= 15 is 0 Å². The van der Waals surface area contributed by atoms with Gasteiger partial charge in [0.05, 0.1) is 13.2 Å². The lowest BCUT2D eigenvalue weighted by Gasteiger charge is -2.66. The van der Waals surface area contributed by atoms with Gasteiger partial charge >= 0.3 is 0 Å². The zero-order valence-corrected chi connectivity index (χ0v) is 24.3. The Labute approximate surface area is 229 Å². The topological polar surface area (TPSA) is 44.8 Å². The van der Waals surface area contributed by atoms with Crippen molar-refractivity contribution in [1.29, 1.82) is 0 Å². The number of piperidine rings is 1. The van der Waals surface area contributed by atoms with Gasteiger partial charge < -0.3 is 15.0 Å². The van der Waals surface area contributed by atoms with Gasteiger partial charge in [-0.05, 0) is 90.4 Å². The highest BCUT2D eigenvalue weighted by atomic mass is 16.5. The Morgan fingerprint density at radius 3 is 2.34 bits per heavy atom. The SMILES string of the molecule is COc1ccc(C(=O)N2CCN(C3CC4(CCNCC4)C3C(C)(C)C)C(c3ccccc3C(C)C)C2)cc1. The van der Waals surface area contributed by atoms with Crippen LogP contribution in [-0.2, 0) is 0 Å². The molecule has 0 radical (unpaired) electrons. The third kappa shape index (κ3) is 5.00. The molecule has 206 valence electrons. The molecule has 1 amide bonds. The predicted octanol–water partition coefficient (Wildman–Crippen LogP) is 6.12. The number of methoxy groups -OCH3 is 1. The molecule has 2 heterocycles. The molecular weight excluding hydrogens is 470 g/mol. The van der Waals surface area contributed by atoms with Crippen molar-refractivity contribution in [3.63, 3.8) is 0 Å². The minimum atomic E-state index is 0.120. The average Bonchev–Trinajstić information content (AvgIpc) is 2.90. The Kier molecular flexibility index (Phi) is 7.63. The number of hydrogen-bond acceptors (Lipinski definition) is 4. The summed E-state index contributed by atoms with van der Waals surface area (Å²) in [7, 11) is 1.66. The summed E-state index contributed by atoms with van der Waals surface area (Å²) >= 11 is 0. The number of carbonyl (C=O) groups excluding carboxylic acids is 1. The van der Waals surface area contributed by atoms with Crippen molar-refractivity contribution in [2.45, 2.75) is 71.9 Å². The smallest absolute Gasteiger partial charge is 0.253 e. The van der Waals surface area contributed by atoms with Crippen molar-refractivity contribution in [2.75, 3.05) is 39.8 Å². The van der Waals surface area contributed by atoms with Crippen LogP contribution in [0.1, 0.15) is 87.3 Å². The fourth-order valence-electron chi connectivity index (χ4n) is 8.06. The van der Waals surface area contributed by atoms with Crippen molar-refractivity contribution in [1.82, 2.24) is 15.1 Å². The molecule has 1 saturated carbocycles. The van der Waals surface area contributed by atoms with Gasteiger partial charge in [0.15, 0.2) is 0 Å². The summed E-state index contributed by atoms with van der Waals surface area (Å²) in [6, 6.07) is 17.3. The molecule has 3 unspecified atom stereocenters. The monoisotopic (exact) mass is 517 g/mol. The number of piperazine rings is 1. The molecule has 0 bridgehead atoms. The average molecular weight is 518 g/mol. The van der Waals surface area contributed by atoms with Gasteiger partial charge in [-0.15, -0.1) is 0 Å². The molecule has 0 aromatic heterocycles. The third-order valence-corrected chi connectivity index (χ3v) is 9.64. The van der Waals surface area contributed by atoms with E-state index in [-0.39, 0.29) is 17.4 Å². The lowest BCUT2D eigenvalue weighted by atomic mass is 9.46. The maximum absolute atomic E-state index is 13.7. The molecule has 5 heteroatoms. The maximum Gasteiger partial charge on any atom is 0.253 e. The Morgan fingerprint density at radius 2 is 1.71 bits per heavy atom. The number of carbonyl (C=O) groups is 1. The van der Waals surface area contributed by atoms with Crippen LogP contribution in [0.25, 0.3) is 0 Å². The van der Waals surface area contributed by atoms with E-state index in [1.54, 1.807) is 7.11 Å². The first-order valence-corrected chi connectivity index (χ1v) is 14.6. The molecule has 3 fully saturated rings. The molecule has 5 nitrogen and oxygen atoms in total.